The van der Waals surface area contributed by atoms with Crippen LogP contribution in [-0.2, 0) is 11.8 Å². The Kier molecular flexibility index (Phi) is 4.86. The quantitative estimate of drug-likeness (QED) is 0.744. The van der Waals surface area contributed by atoms with E-state index in [0.29, 0.717) is 18.5 Å². The van der Waals surface area contributed by atoms with E-state index in [1.807, 2.05) is 72.0 Å². The van der Waals surface area contributed by atoms with E-state index in [1.165, 1.54) is 0 Å². The van der Waals surface area contributed by atoms with Crippen LogP contribution in [0.15, 0.2) is 48.5 Å². The largest absolute Gasteiger partial charge is 0.343 e. The third-order valence-electron chi connectivity index (χ3n) is 5.45. The summed E-state index contributed by atoms with van der Waals surface area (Å²) >= 11 is 0. The lowest BCUT2D eigenvalue weighted by atomic mass is 10.1. The molecule has 1 unspecified atom stereocenters. The number of carbonyl (C=O) groups excluding carboxylic acids is 2. The summed E-state index contributed by atoms with van der Waals surface area (Å²) < 4.78 is 2.00. The minimum absolute atomic E-state index is 0.153. The summed E-state index contributed by atoms with van der Waals surface area (Å²) in [6.45, 7) is 3.18. The molecule has 1 N–H and O–H groups in total. The molecule has 1 saturated heterocycles. The van der Waals surface area contributed by atoms with E-state index in [2.05, 4.69) is 10.3 Å². The molecule has 0 bridgehead atoms. The Hall–Kier alpha value is -3.15. The van der Waals surface area contributed by atoms with Gasteiger partial charge in [0, 0.05) is 32.1 Å². The number of rotatable bonds is 5. The maximum Gasteiger partial charge on any atom is 0.251 e. The number of nitrogens with one attached hydrogen (secondary N) is 1. The van der Waals surface area contributed by atoms with Crippen molar-refractivity contribution in [3.63, 3.8) is 0 Å². The van der Waals surface area contributed by atoms with Gasteiger partial charge in [-0.05, 0) is 37.1 Å². The van der Waals surface area contributed by atoms with Crippen molar-refractivity contribution in [2.45, 2.75) is 25.8 Å². The summed E-state index contributed by atoms with van der Waals surface area (Å²) in [5.74, 6) is 0.897. The smallest absolute Gasteiger partial charge is 0.251 e. The Bertz CT molecular complexity index is 1030. The molecule has 0 aliphatic carbocycles. The first-order valence-corrected chi connectivity index (χ1v) is 9.59. The molecule has 1 fully saturated rings. The first kappa shape index (κ1) is 18.2. The molecular weight excluding hydrogens is 352 g/mol. The minimum Gasteiger partial charge on any atom is -0.343 e. The van der Waals surface area contributed by atoms with Crippen LogP contribution in [0.25, 0.3) is 11.0 Å². The number of aryl methyl sites for hydroxylation is 2. The number of aromatic nitrogens is 2. The van der Waals surface area contributed by atoms with Gasteiger partial charge in [0.05, 0.1) is 17.1 Å². The van der Waals surface area contributed by atoms with Gasteiger partial charge in [-0.1, -0.05) is 30.3 Å². The van der Waals surface area contributed by atoms with Crippen molar-refractivity contribution in [1.29, 1.82) is 0 Å². The van der Waals surface area contributed by atoms with Gasteiger partial charge >= 0.3 is 0 Å². The average Bonchev–Trinajstić information content (AvgIpc) is 3.24. The van der Waals surface area contributed by atoms with Crippen molar-refractivity contribution >= 4 is 22.8 Å². The Morgan fingerprint density at radius 3 is 2.71 bits per heavy atom. The highest BCUT2D eigenvalue weighted by Gasteiger charge is 2.25. The number of fused-ring (bicyclic) bond motifs is 1. The van der Waals surface area contributed by atoms with Crippen molar-refractivity contribution in [1.82, 2.24) is 19.8 Å². The molecule has 6 nitrogen and oxygen atoms in total. The lowest BCUT2D eigenvalue weighted by Crippen LogP contribution is -2.38. The van der Waals surface area contributed by atoms with Gasteiger partial charge in [-0.3, -0.25) is 9.59 Å². The average molecular weight is 376 g/mol. The topological polar surface area (TPSA) is 67.2 Å². The molecule has 2 amide bonds. The molecule has 144 valence electrons. The zero-order valence-corrected chi connectivity index (χ0v) is 16.2. The molecule has 1 aliphatic rings. The summed E-state index contributed by atoms with van der Waals surface area (Å²) in [6.07, 6.45) is 1.47. The number of imidazole rings is 1. The van der Waals surface area contributed by atoms with Crippen LogP contribution in [0, 0.1) is 6.92 Å². The Morgan fingerprint density at radius 2 is 2.00 bits per heavy atom. The van der Waals surface area contributed by atoms with Crippen LogP contribution in [0.1, 0.15) is 40.6 Å². The number of likely N-dealkylation sites (tertiary alicyclic amines) is 1. The monoisotopic (exact) mass is 376 g/mol. The second-order valence-electron chi connectivity index (χ2n) is 7.30. The van der Waals surface area contributed by atoms with Gasteiger partial charge in [0.1, 0.15) is 5.82 Å². The second kappa shape index (κ2) is 7.46. The van der Waals surface area contributed by atoms with Gasteiger partial charge in [-0.25, -0.2) is 4.98 Å². The van der Waals surface area contributed by atoms with Crippen LogP contribution in [0.4, 0.5) is 0 Å². The molecule has 2 heterocycles. The Morgan fingerprint density at radius 1 is 1.21 bits per heavy atom. The fourth-order valence-electron chi connectivity index (χ4n) is 3.74. The Labute approximate surface area is 164 Å². The maximum atomic E-state index is 13.0. The highest BCUT2D eigenvalue weighted by atomic mass is 16.2. The highest BCUT2D eigenvalue weighted by molar-refractivity contribution is 5.97. The van der Waals surface area contributed by atoms with E-state index in [9.17, 15) is 9.59 Å². The van der Waals surface area contributed by atoms with E-state index >= 15 is 0 Å². The zero-order chi connectivity index (χ0) is 19.7. The third kappa shape index (κ3) is 3.50. The van der Waals surface area contributed by atoms with E-state index < -0.39 is 0 Å². The number of amides is 2. The number of hydrogen-bond acceptors (Lipinski definition) is 3. The summed E-state index contributed by atoms with van der Waals surface area (Å²) in [7, 11) is 1.96. The number of hydrogen-bond donors (Lipinski definition) is 1. The van der Waals surface area contributed by atoms with Crippen molar-refractivity contribution in [2.24, 2.45) is 7.05 Å². The fraction of sp³-hybridized carbons (Fsp3) is 0.318. The molecule has 1 aromatic heterocycles. The zero-order valence-electron chi connectivity index (χ0n) is 16.2. The molecule has 0 spiro atoms. The minimum atomic E-state index is -0.253. The number of benzene rings is 2. The van der Waals surface area contributed by atoms with Crippen molar-refractivity contribution < 1.29 is 9.59 Å². The molecule has 3 aromatic rings. The SMILES string of the molecule is Cc1nc2cc(C(=O)NC(CN3CCCC3=O)c3ccccc3)ccc2n1C. The molecule has 28 heavy (non-hydrogen) atoms. The van der Waals surface area contributed by atoms with E-state index in [4.69, 9.17) is 0 Å². The van der Waals surface area contributed by atoms with Gasteiger partial charge in [-0.15, -0.1) is 0 Å². The first-order valence-electron chi connectivity index (χ1n) is 9.59. The molecule has 0 radical (unpaired) electrons. The second-order valence-corrected chi connectivity index (χ2v) is 7.30. The summed E-state index contributed by atoms with van der Waals surface area (Å²) in [5, 5.41) is 3.12. The van der Waals surface area contributed by atoms with Crippen molar-refractivity contribution in [3.05, 3.63) is 65.5 Å². The first-order chi connectivity index (χ1) is 13.5. The predicted molar refractivity (Wildman–Crippen MR) is 108 cm³/mol. The lowest BCUT2D eigenvalue weighted by Gasteiger charge is -2.25. The van der Waals surface area contributed by atoms with Crippen LogP contribution < -0.4 is 5.32 Å². The number of carbonyl (C=O) groups is 2. The van der Waals surface area contributed by atoms with Crippen LogP contribution in [0.5, 0.6) is 0 Å². The maximum absolute atomic E-state index is 13.0. The van der Waals surface area contributed by atoms with Crippen molar-refractivity contribution in [3.8, 4) is 0 Å². The van der Waals surface area contributed by atoms with E-state index in [1.54, 1.807) is 0 Å². The van der Waals surface area contributed by atoms with Crippen LogP contribution >= 0.6 is 0 Å². The van der Waals surface area contributed by atoms with E-state index in [0.717, 1.165) is 35.4 Å². The van der Waals surface area contributed by atoms with Crippen LogP contribution in [0.3, 0.4) is 0 Å². The predicted octanol–water partition coefficient (Wildman–Crippen LogP) is 2.98. The molecule has 1 atom stereocenters. The van der Waals surface area contributed by atoms with Gasteiger partial charge < -0.3 is 14.8 Å². The summed E-state index contributed by atoms with van der Waals surface area (Å²) in [5.41, 5.74) is 3.36. The van der Waals surface area contributed by atoms with E-state index in [-0.39, 0.29) is 17.9 Å². The lowest BCUT2D eigenvalue weighted by molar-refractivity contribution is -0.128. The molecular formula is C22H24N4O2. The molecule has 4 rings (SSSR count). The normalized spacial score (nSPS) is 15.2. The van der Waals surface area contributed by atoms with Gasteiger partial charge in [0.15, 0.2) is 0 Å². The molecule has 6 heteroatoms. The van der Waals surface area contributed by atoms with Crippen LogP contribution in [0.2, 0.25) is 0 Å². The Balaban J connectivity index is 1.58. The fourth-order valence-corrected chi connectivity index (χ4v) is 3.74. The van der Waals surface area contributed by atoms with Crippen LogP contribution in [-0.4, -0.2) is 39.4 Å². The highest BCUT2D eigenvalue weighted by Crippen LogP contribution is 2.21. The molecule has 1 aliphatic heterocycles. The van der Waals surface area contributed by atoms with Gasteiger partial charge in [0.2, 0.25) is 5.91 Å². The number of nitrogens with zero attached hydrogens (tertiary/aromatic N) is 3. The molecule has 0 saturated carbocycles. The third-order valence-corrected chi connectivity index (χ3v) is 5.45. The van der Waals surface area contributed by atoms with Crippen molar-refractivity contribution in [2.75, 3.05) is 13.1 Å². The van der Waals surface area contributed by atoms with Gasteiger partial charge in [0.25, 0.3) is 5.91 Å². The standard InChI is InChI=1S/C22H24N4O2/c1-15-23-18-13-17(10-11-20(18)25(15)2)22(28)24-19(16-7-4-3-5-8-16)14-26-12-6-9-21(26)27/h3-5,7-8,10-11,13,19H,6,9,12,14H2,1-2H3,(H,24,28). The molecule has 2 aromatic carbocycles. The summed E-state index contributed by atoms with van der Waals surface area (Å²) in [6, 6.07) is 15.1. The summed E-state index contributed by atoms with van der Waals surface area (Å²) in [4.78, 5) is 31.4. The van der Waals surface area contributed by atoms with Gasteiger partial charge in [-0.2, -0.15) is 0 Å².